The van der Waals surface area contributed by atoms with Gasteiger partial charge < -0.3 is 21.3 Å². The molecule has 0 aliphatic heterocycles. The second kappa shape index (κ2) is 8.11. The van der Waals surface area contributed by atoms with Gasteiger partial charge in [-0.1, -0.05) is 0 Å². The van der Waals surface area contributed by atoms with E-state index in [9.17, 15) is 14.6 Å². The monoisotopic (exact) mass is 372 g/mol. The lowest BCUT2D eigenvalue weighted by Gasteiger charge is -2.08. The van der Waals surface area contributed by atoms with Crippen molar-refractivity contribution in [2.45, 2.75) is 19.6 Å². The Morgan fingerprint density at radius 2 is 2.15 bits per heavy atom. The van der Waals surface area contributed by atoms with Gasteiger partial charge >= 0.3 is 0 Å². The Morgan fingerprint density at radius 3 is 2.85 bits per heavy atom. The number of nitrogens with one attached hydrogen (secondary N) is 1. The van der Waals surface area contributed by atoms with Crippen LogP contribution >= 0.6 is 0 Å². The second-order valence-electron chi connectivity index (χ2n) is 6.14. The number of aromatic nitrogens is 4. The first-order chi connectivity index (χ1) is 13.0. The topological polar surface area (TPSA) is 122 Å². The molecule has 3 aromatic rings. The van der Waals surface area contributed by atoms with E-state index in [-0.39, 0.29) is 5.75 Å². The largest absolute Gasteiger partial charge is 0.508 e. The summed E-state index contributed by atoms with van der Waals surface area (Å²) in [4.78, 5) is 8.58. The lowest BCUT2D eigenvalue weighted by molar-refractivity contribution is 0.208. The zero-order valence-corrected chi connectivity index (χ0v) is 14.8. The van der Waals surface area contributed by atoms with Crippen LogP contribution in [0, 0.1) is 5.82 Å². The summed E-state index contributed by atoms with van der Waals surface area (Å²) >= 11 is 0. The summed E-state index contributed by atoms with van der Waals surface area (Å²) in [6.07, 6.45) is 2.81. The number of aliphatic hydroxyl groups excluding tert-OH is 1. The molecule has 27 heavy (non-hydrogen) atoms. The first kappa shape index (κ1) is 18.7. The van der Waals surface area contributed by atoms with Crippen molar-refractivity contribution in [2.24, 2.45) is 5.73 Å². The van der Waals surface area contributed by atoms with E-state index in [1.165, 1.54) is 12.1 Å². The highest BCUT2D eigenvalue weighted by Crippen LogP contribution is 2.32. The number of aromatic hydroxyl groups is 1. The fourth-order valence-electron chi connectivity index (χ4n) is 2.61. The number of hydrogen-bond donors (Lipinski definition) is 4. The molecule has 0 radical (unpaired) electrons. The van der Waals surface area contributed by atoms with E-state index in [0.29, 0.717) is 48.1 Å². The first-order valence-corrected chi connectivity index (χ1v) is 8.49. The number of phenols is 1. The van der Waals surface area contributed by atoms with E-state index in [0.717, 1.165) is 6.07 Å². The minimum absolute atomic E-state index is 0.189. The van der Waals surface area contributed by atoms with Gasteiger partial charge in [0.2, 0.25) is 5.95 Å². The predicted molar refractivity (Wildman–Crippen MR) is 99.5 cm³/mol. The van der Waals surface area contributed by atoms with Crippen LogP contribution in [-0.4, -0.2) is 49.2 Å². The number of nitrogens with two attached hydrogens (primary N) is 1. The highest BCUT2D eigenvalue weighted by atomic mass is 19.1. The van der Waals surface area contributed by atoms with Crippen molar-refractivity contribution >= 4 is 5.95 Å². The molecule has 9 heteroatoms. The van der Waals surface area contributed by atoms with Crippen molar-refractivity contribution < 1.29 is 14.6 Å². The Balaban J connectivity index is 2.05. The number of nitrogens with zero attached hydrogens (tertiary/aromatic N) is 4. The van der Waals surface area contributed by atoms with Gasteiger partial charge in [-0.3, -0.25) is 4.68 Å². The van der Waals surface area contributed by atoms with Crippen LogP contribution in [0.5, 0.6) is 5.75 Å². The predicted octanol–water partition coefficient (Wildman–Crippen LogP) is 1.60. The minimum Gasteiger partial charge on any atom is -0.508 e. The average molecular weight is 372 g/mol. The van der Waals surface area contributed by atoms with Crippen LogP contribution < -0.4 is 11.1 Å². The quantitative estimate of drug-likeness (QED) is 0.497. The molecule has 0 spiro atoms. The molecular weight excluding hydrogens is 351 g/mol. The third kappa shape index (κ3) is 4.57. The zero-order chi connectivity index (χ0) is 19.4. The molecule has 0 unspecified atom stereocenters. The molecule has 0 amide bonds. The summed E-state index contributed by atoms with van der Waals surface area (Å²) in [5.41, 5.74) is 7.73. The minimum atomic E-state index is -0.564. The Morgan fingerprint density at radius 1 is 1.33 bits per heavy atom. The molecule has 0 bridgehead atoms. The van der Waals surface area contributed by atoms with Gasteiger partial charge in [-0.25, -0.2) is 14.4 Å². The smallest absolute Gasteiger partial charge is 0.223 e. The molecule has 2 heterocycles. The van der Waals surface area contributed by atoms with Crippen LogP contribution in [0.25, 0.3) is 22.5 Å². The Bertz CT molecular complexity index is 908. The number of benzene rings is 1. The van der Waals surface area contributed by atoms with E-state index in [1.54, 1.807) is 30.1 Å². The van der Waals surface area contributed by atoms with Crippen LogP contribution in [0.1, 0.15) is 6.92 Å². The van der Waals surface area contributed by atoms with Crippen LogP contribution in [0.3, 0.4) is 0 Å². The first-order valence-electron chi connectivity index (χ1n) is 8.49. The maximum Gasteiger partial charge on any atom is 0.223 e. The summed E-state index contributed by atoms with van der Waals surface area (Å²) in [5, 5.41) is 26.6. The molecule has 0 fully saturated rings. The molecule has 0 saturated carbocycles. The van der Waals surface area contributed by atoms with Crippen LogP contribution in [0.4, 0.5) is 10.3 Å². The van der Waals surface area contributed by atoms with Gasteiger partial charge in [-0.15, -0.1) is 0 Å². The summed E-state index contributed by atoms with van der Waals surface area (Å²) in [5.74, 6) is -0.398. The number of aliphatic hydroxyl groups is 1. The number of phenolic OH excluding ortho intramolecular Hbond substituents is 1. The molecule has 142 valence electrons. The van der Waals surface area contributed by atoms with E-state index in [2.05, 4.69) is 20.4 Å². The molecule has 1 atom stereocenters. The number of rotatable bonds is 7. The molecule has 2 aromatic heterocycles. The lowest BCUT2D eigenvalue weighted by atomic mass is 10.1. The third-order valence-electron chi connectivity index (χ3n) is 3.76. The number of hydrogen-bond acceptors (Lipinski definition) is 7. The molecule has 8 nitrogen and oxygen atoms in total. The fraction of sp³-hybridized carbons (Fsp3) is 0.278. The standard InChI is InChI=1S/C18H21FN6O2/c1-11(26)9-22-18-21-4-2-16(23-18)15-10-25(5-3-20)24-17(15)12-6-13(19)8-14(27)7-12/h2,4,6-8,10-11,26-27H,3,5,9,20H2,1H3,(H,21,22,23)/t11-/m0/s1. The maximum atomic E-state index is 13.8. The average Bonchev–Trinajstić information content (AvgIpc) is 3.04. The highest BCUT2D eigenvalue weighted by Gasteiger charge is 2.16. The Hall–Kier alpha value is -3.04. The fourth-order valence-corrected chi connectivity index (χ4v) is 2.61. The van der Waals surface area contributed by atoms with Gasteiger partial charge in [0.25, 0.3) is 0 Å². The summed E-state index contributed by atoms with van der Waals surface area (Å²) in [6, 6.07) is 5.48. The second-order valence-corrected chi connectivity index (χ2v) is 6.14. The van der Waals surface area contributed by atoms with Crippen molar-refractivity contribution in [3.63, 3.8) is 0 Å². The van der Waals surface area contributed by atoms with Gasteiger partial charge in [-0.05, 0) is 25.1 Å². The Labute approximate surface area is 155 Å². The van der Waals surface area contributed by atoms with Crippen LogP contribution in [-0.2, 0) is 6.54 Å². The van der Waals surface area contributed by atoms with E-state index >= 15 is 0 Å². The molecular formula is C18H21FN6O2. The lowest BCUT2D eigenvalue weighted by Crippen LogP contribution is -2.16. The highest BCUT2D eigenvalue weighted by molar-refractivity contribution is 5.79. The molecule has 5 N–H and O–H groups in total. The number of anilines is 1. The van der Waals surface area contributed by atoms with Gasteiger partial charge in [-0.2, -0.15) is 5.10 Å². The van der Waals surface area contributed by atoms with Crippen LogP contribution in [0.2, 0.25) is 0 Å². The Kier molecular flexibility index (Phi) is 5.63. The van der Waals surface area contributed by atoms with Gasteiger partial charge in [0.1, 0.15) is 17.3 Å². The van der Waals surface area contributed by atoms with Crippen molar-refractivity contribution in [1.82, 2.24) is 19.7 Å². The van der Waals surface area contributed by atoms with Crippen molar-refractivity contribution in [3.8, 4) is 28.3 Å². The third-order valence-corrected chi connectivity index (χ3v) is 3.76. The molecule has 1 aromatic carbocycles. The van der Waals surface area contributed by atoms with E-state index < -0.39 is 11.9 Å². The van der Waals surface area contributed by atoms with E-state index in [4.69, 9.17) is 5.73 Å². The van der Waals surface area contributed by atoms with Crippen molar-refractivity contribution in [1.29, 1.82) is 0 Å². The molecule has 0 aliphatic carbocycles. The summed E-state index contributed by atoms with van der Waals surface area (Å²) < 4.78 is 15.4. The molecule has 0 saturated heterocycles. The molecule has 3 rings (SSSR count). The van der Waals surface area contributed by atoms with E-state index in [1.807, 2.05) is 0 Å². The SMILES string of the molecule is C[C@H](O)CNc1nccc(-c2cn(CCN)nc2-c2cc(O)cc(F)c2)n1. The normalized spacial score (nSPS) is 12.1. The van der Waals surface area contributed by atoms with Crippen molar-refractivity contribution in [2.75, 3.05) is 18.4 Å². The van der Waals surface area contributed by atoms with Crippen molar-refractivity contribution in [3.05, 3.63) is 42.5 Å². The summed E-state index contributed by atoms with van der Waals surface area (Å²) in [6.45, 7) is 2.83. The number of halogens is 1. The van der Waals surface area contributed by atoms with Gasteiger partial charge in [0, 0.05) is 42.7 Å². The van der Waals surface area contributed by atoms with Gasteiger partial charge in [0.15, 0.2) is 0 Å². The zero-order valence-electron chi connectivity index (χ0n) is 14.8. The summed E-state index contributed by atoms with van der Waals surface area (Å²) in [7, 11) is 0. The maximum absolute atomic E-state index is 13.8. The van der Waals surface area contributed by atoms with Crippen LogP contribution in [0.15, 0.2) is 36.7 Å². The molecule has 0 aliphatic rings. The van der Waals surface area contributed by atoms with Gasteiger partial charge in [0.05, 0.1) is 18.3 Å².